The van der Waals surface area contributed by atoms with E-state index in [0.29, 0.717) is 22.4 Å². The molecule has 8 nitrogen and oxygen atoms in total. The van der Waals surface area contributed by atoms with Crippen LogP contribution in [0.5, 0.6) is 0 Å². The van der Waals surface area contributed by atoms with Crippen molar-refractivity contribution in [3.05, 3.63) is 23.5 Å². The molecule has 38 heavy (non-hydrogen) atoms. The van der Waals surface area contributed by atoms with Crippen molar-refractivity contribution in [3.8, 4) is 0 Å². The van der Waals surface area contributed by atoms with Gasteiger partial charge in [0.1, 0.15) is 15.9 Å². The van der Waals surface area contributed by atoms with Crippen molar-refractivity contribution in [2.24, 2.45) is 0 Å². The maximum atomic E-state index is 12.0. The molecule has 2 unspecified atom stereocenters. The monoisotopic (exact) mass is 620 g/mol. The van der Waals surface area contributed by atoms with E-state index in [9.17, 15) is 25.9 Å². The third-order valence-corrected chi connectivity index (χ3v) is 9.10. The summed E-state index contributed by atoms with van der Waals surface area (Å²) in [5.74, 6) is 0.284. The molecule has 0 fully saturated rings. The van der Waals surface area contributed by atoms with Gasteiger partial charge in [0, 0.05) is 17.2 Å². The zero-order valence-corrected chi connectivity index (χ0v) is 31.8. The zero-order chi connectivity index (χ0) is 26.8. The Hall–Kier alpha value is 1.78. The molecule has 0 aliphatic rings. The van der Waals surface area contributed by atoms with Crippen LogP contribution in [0.15, 0.2) is 17.0 Å². The van der Waals surface area contributed by atoms with Gasteiger partial charge in [0.25, 0.3) is 0 Å². The molecule has 1 aromatic carbocycles. The molecule has 1 heterocycles. The molecule has 2 aromatic rings. The number of fused-ring (bicyclic) bond motifs is 1. The van der Waals surface area contributed by atoms with Crippen LogP contribution >= 0.6 is 0 Å². The standard InChI is InChI=1S/C26H44N2O6S2.2K/c1-4-5-6-7-8-9-10-11-12-13-14-15-20(2)25-23(36(32,33)34)18-17-22-26(25)28-24(27-22)19-16-21(3)35(29,30)31;;/h17-18,20-21H,4-16,19H2,1-3H3,(H,27,28)(H,29,30,31)(H,32,33,34);;/q;2*+1/p-2. The van der Waals surface area contributed by atoms with Crippen molar-refractivity contribution >= 4 is 31.3 Å². The number of nitrogens with one attached hydrogen (secondary N) is 1. The number of imidazole rings is 1. The van der Waals surface area contributed by atoms with Crippen molar-refractivity contribution in [1.29, 1.82) is 0 Å². The van der Waals surface area contributed by atoms with Gasteiger partial charge in [-0.15, -0.1) is 0 Å². The third-order valence-electron chi connectivity index (χ3n) is 6.99. The molecule has 0 saturated heterocycles. The Bertz CT molecular complexity index is 1170. The fourth-order valence-electron chi connectivity index (χ4n) is 4.69. The number of H-pyrrole nitrogens is 1. The van der Waals surface area contributed by atoms with E-state index in [0.717, 1.165) is 25.7 Å². The summed E-state index contributed by atoms with van der Waals surface area (Å²) in [5.41, 5.74) is 1.44. The van der Waals surface area contributed by atoms with Crippen LogP contribution in [0.3, 0.4) is 0 Å². The Labute approximate surface area is 315 Å². The summed E-state index contributed by atoms with van der Waals surface area (Å²) in [4.78, 5) is 7.34. The first-order chi connectivity index (χ1) is 16.9. The van der Waals surface area contributed by atoms with Crippen LogP contribution < -0.4 is 103 Å². The predicted octanol–water partition coefficient (Wildman–Crippen LogP) is 0.146. The van der Waals surface area contributed by atoms with E-state index >= 15 is 0 Å². The molecule has 2 rings (SSSR count). The average molecular weight is 621 g/mol. The number of aromatic nitrogens is 2. The molecule has 2 atom stereocenters. The molecule has 0 aliphatic heterocycles. The topological polar surface area (TPSA) is 143 Å². The number of hydrogen-bond donors (Lipinski definition) is 1. The summed E-state index contributed by atoms with van der Waals surface area (Å²) in [6.45, 7) is 5.50. The molecule has 0 radical (unpaired) electrons. The van der Waals surface area contributed by atoms with Gasteiger partial charge in [0.15, 0.2) is 0 Å². The minimum absolute atomic E-state index is 0. The zero-order valence-electron chi connectivity index (χ0n) is 23.9. The number of aromatic amines is 1. The number of rotatable bonds is 18. The van der Waals surface area contributed by atoms with E-state index in [1.807, 2.05) is 6.92 Å². The van der Waals surface area contributed by atoms with E-state index in [2.05, 4.69) is 16.9 Å². The fourth-order valence-corrected chi connectivity index (χ4v) is 5.89. The Morgan fingerprint density at radius 2 is 1.34 bits per heavy atom. The summed E-state index contributed by atoms with van der Waals surface area (Å²) in [5, 5.41) is -1.05. The van der Waals surface area contributed by atoms with Gasteiger partial charge in [0.2, 0.25) is 0 Å². The van der Waals surface area contributed by atoms with Gasteiger partial charge in [-0.25, -0.2) is 21.8 Å². The SMILES string of the molecule is CCCCCCCCCCCCCC(C)c1c(S(=O)(=O)[O-])ccc2[nH]c(CCC(C)S(=O)(=O)[O-])nc12.[K+].[K+]. The van der Waals surface area contributed by atoms with E-state index in [-0.39, 0.29) is 126 Å². The molecule has 0 bridgehead atoms. The Morgan fingerprint density at radius 1 is 0.816 bits per heavy atom. The largest absolute Gasteiger partial charge is 1.00 e. The van der Waals surface area contributed by atoms with Gasteiger partial charge in [0.05, 0.1) is 26.0 Å². The fraction of sp³-hybridized carbons (Fsp3) is 0.731. The number of nitrogens with zero attached hydrogens (tertiary/aromatic N) is 1. The van der Waals surface area contributed by atoms with Crippen molar-refractivity contribution < 1.29 is 129 Å². The molecule has 0 aliphatic carbocycles. The molecular formula is C26H42K2N2O6S2. The minimum Gasteiger partial charge on any atom is -0.748 e. The van der Waals surface area contributed by atoms with Crippen molar-refractivity contribution in [3.63, 3.8) is 0 Å². The second-order valence-corrected chi connectivity index (χ2v) is 13.2. The second-order valence-electron chi connectivity index (χ2n) is 10.1. The maximum absolute atomic E-state index is 12.0. The van der Waals surface area contributed by atoms with Gasteiger partial charge in [-0.1, -0.05) is 84.5 Å². The number of benzene rings is 1. The van der Waals surface area contributed by atoms with Crippen molar-refractivity contribution in [2.75, 3.05) is 0 Å². The van der Waals surface area contributed by atoms with Gasteiger partial charge in [-0.2, -0.15) is 0 Å². The molecule has 12 heteroatoms. The maximum Gasteiger partial charge on any atom is 1.00 e. The number of unbranched alkanes of at least 4 members (excludes halogenated alkanes) is 10. The van der Waals surface area contributed by atoms with E-state index in [4.69, 9.17) is 0 Å². The Balaban J connectivity index is 0.00000684. The first kappa shape index (κ1) is 39.8. The number of aryl methyl sites for hydroxylation is 1. The summed E-state index contributed by atoms with van der Waals surface area (Å²) in [7, 11) is -9.07. The van der Waals surface area contributed by atoms with E-state index < -0.39 is 25.5 Å². The quantitative estimate of drug-likeness (QED) is 0.142. The molecule has 1 aromatic heterocycles. The smallest absolute Gasteiger partial charge is 0.748 e. The first-order valence-electron chi connectivity index (χ1n) is 13.4. The van der Waals surface area contributed by atoms with E-state index in [1.54, 1.807) is 0 Å². The Morgan fingerprint density at radius 3 is 1.84 bits per heavy atom. The van der Waals surface area contributed by atoms with Gasteiger partial charge in [-0.3, -0.25) is 0 Å². The average Bonchev–Trinajstić information content (AvgIpc) is 3.22. The van der Waals surface area contributed by atoms with Crippen LogP contribution in [0.2, 0.25) is 0 Å². The Kier molecular flexibility index (Phi) is 20.8. The molecule has 0 spiro atoms. The minimum atomic E-state index is -4.68. The third kappa shape index (κ3) is 13.8. The van der Waals surface area contributed by atoms with Crippen LogP contribution in [0.4, 0.5) is 0 Å². The molecule has 0 saturated carbocycles. The van der Waals surface area contributed by atoms with Crippen LogP contribution in [-0.2, 0) is 26.7 Å². The summed E-state index contributed by atoms with van der Waals surface area (Å²) < 4.78 is 69.5. The molecule has 1 N–H and O–H groups in total. The van der Waals surface area contributed by atoms with Crippen LogP contribution in [0.25, 0.3) is 11.0 Å². The summed E-state index contributed by atoms with van der Waals surface area (Å²) in [6.07, 6.45) is 14.5. The number of hydrogen-bond acceptors (Lipinski definition) is 7. The van der Waals surface area contributed by atoms with Crippen LogP contribution in [0.1, 0.15) is 122 Å². The van der Waals surface area contributed by atoms with Crippen molar-refractivity contribution in [2.45, 2.75) is 127 Å². The van der Waals surface area contributed by atoms with Gasteiger partial charge < -0.3 is 14.1 Å². The van der Waals surface area contributed by atoms with Gasteiger partial charge >= 0.3 is 103 Å². The first-order valence-corrected chi connectivity index (χ1v) is 16.2. The van der Waals surface area contributed by atoms with Crippen LogP contribution in [0, 0.1) is 0 Å². The normalized spacial score (nSPS) is 13.6. The molecule has 0 amide bonds. The second kappa shape index (κ2) is 19.9. The predicted molar refractivity (Wildman–Crippen MR) is 141 cm³/mol. The van der Waals surface area contributed by atoms with Crippen molar-refractivity contribution in [1.82, 2.24) is 9.97 Å². The summed E-state index contributed by atoms with van der Waals surface area (Å²) in [6, 6.07) is 2.84. The van der Waals surface area contributed by atoms with Gasteiger partial charge in [-0.05, 0) is 37.8 Å². The molecular weight excluding hydrogens is 579 g/mol. The molecule has 206 valence electrons. The summed E-state index contributed by atoms with van der Waals surface area (Å²) >= 11 is 0. The van der Waals surface area contributed by atoms with Crippen LogP contribution in [-0.4, -0.2) is 41.2 Å². The van der Waals surface area contributed by atoms with E-state index in [1.165, 1.54) is 70.4 Å².